The summed E-state index contributed by atoms with van der Waals surface area (Å²) in [7, 11) is -0.903. The number of hydrogen-bond donors (Lipinski definition) is 1. The van der Waals surface area contributed by atoms with Gasteiger partial charge in [0.2, 0.25) is 0 Å². The zero-order valence-corrected chi connectivity index (χ0v) is 15.1. The van der Waals surface area contributed by atoms with Gasteiger partial charge in [0.25, 0.3) is 0 Å². The first-order chi connectivity index (χ1) is 11.7. The summed E-state index contributed by atoms with van der Waals surface area (Å²) in [5.41, 5.74) is 3.96. The van der Waals surface area contributed by atoms with Gasteiger partial charge in [0.05, 0.1) is 11.7 Å². The van der Waals surface area contributed by atoms with E-state index in [1.165, 1.54) is 48.5 Å². The van der Waals surface area contributed by atoms with Crippen LogP contribution in [0.15, 0.2) is 29.2 Å². The summed E-state index contributed by atoms with van der Waals surface area (Å²) >= 11 is 0. The van der Waals surface area contributed by atoms with Crippen molar-refractivity contribution < 1.29 is 4.21 Å². The van der Waals surface area contributed by atoms with Crippen LogP contribution in [-0.2, 0) is 30.2 Å². The zero-order chi connectivity index (χ0) is 16.5. The van der Waals surface area contributed by atoms with Crippen molar-refractivity contribution in [3.63, 3.8) is 0 Å². The lowest BCUT2D eigenvalue weighted by molar-refractivity contribution is 0.240. The third-order valence-electron chi connectivity index (χ3n) is 5.29. The smallest absolute Gasteiger partial charge is 0.124 e. The molecule has 2 aromatic rings. The highest BCUT2D eigenvalue weighted by molar-refractivity contribution is 7.84. The third kappa shape index (κ3) is 3.20. The Labute approximate surface area is 146 Å². The molecule has 1 aliphatic carbocycles. The van der Waals surface area contributed by atoms with E-state index in [2.05, 4.69) is 22.0 Å². The molecule has 2 aliphatic rings. The first kappa shape index (κ1) is 16.0. The SMILES string of the molecule is C[S@](=O)c1ccc(CN2CCC[C@H]2c2nc3c([nH]2)CCCC3)cc1. The van der Waals surface area contributed by atoms with Crippen LogP contribution in [0.25, 0.3) is 0 Å². The average Bonchev–Trinajstić information content (AvgIpc) is 3.21. The molecular weight excluding hydrogens is 318 g/mol. The number of aryl methyl sites for hydroxylation is 2. The van der Waals surface area contributed by atoms with Crippen molar-refractivity contribution in [2.24, 2.45) is 0 Å². The fraction of sp³-hybridized carbons (Fsp3) is 0.526. The second-order valence-corrected chi connectivity index (χ2v) is 8.36. The Kier molecular flexibility index (Phi) is 4.55. The molecule has 2 heterocycles. The minimum Gasteiger partial charge on any atom is -0.344 e. The number of aromatic nitrogens is 2. The van der Waals surface area contributed by atoms with Gasteiger partial charge < -0.3 is 4.98 Å². The van der Waals surface area contributed by atoms with E-state index >= 15 is 0 Å². The van der Waals surface area contributed by atoms with E-state index in [-0.39, 0.29) is 0 Å². The van der Waals surface area contributed by atoms with Gasteiger partial charge in [-0.25, -0.2) is 4.98 Å². The van der Waals surface area contributed by atoms with Gasteiger partial charge in [-0.15, -0.1) is 0 Å². The largest absolute Gasteiger partial charge is 0.344 e. The van der Waals surface area contributed by atoms with Crippen molar-refractivity contribution >= 4 is 10.8 Å². The number of benzene rings is 1. The summed E-state index contributed by atoms with van der Waals surface area (Å²) < 4.78 is 11.5. The van der Waals surface area contributed by atoms with E-state index in [4.69, 9.17) is 4.98 Å². The van der Waals surface area contributed by atoms with Crippen LogP contribution >= 0.6 is 0 Å². The van der Waals surface area contributed by atoms with Crippen LogP contribution in [0.1, 0.15) is 54.5 Å². The topological polar surface area (TPSA) is 49.0 Å². The minimum atomic E-state index is -0.903. The molecule has 0 radical (unpaired) electrons. The summed E-state index contributed by atoms with van der Waals surface area (Å²) in [6.45, 7) is 2.06. The molecule has 2 atom stereocenters. The molecule has 5 heteroatoms. The van der Waals surface area contributed by atoms with Crippen LogP contribution < -0.4 is 0 Å². The number of rotatable bonds is 4. The normalized spacial score (nSPS) is 22.5. The molecule has 1 fully saturated rings. The first-order valence-electron chi connectivity index (χ1n) is 8.95. The molecule has 4 nitrogen and oxygen atoms in total. The van der Waals surface area contributed by atoms with Gasteiger partial charge in [-0.2, -0.15) is 0 Å². The van der Waals surface area contributed by atoms with Gasteiger partial charge >= 0.3 is 0 Å². The summed E-state index contributed by atoms with van der Waals surface area (Å²) in [6, 6.07) is 8.61. The van der Waals surface area contributed by atoms with Gasteiger partial charge in [0, 0.05) is 34.2 Å². The number of imidazole rings is 1. The van der Waals surface area contributed by atoms with E-state index in [1.54, 1.807) is 6.26 Å². The van der Waals surface area contributed by atoms with Crippen LogP contribution in [0.3, 0.4) is 0 Å². The molecule has 1 aromatic carbocycles. The maximum atomic E-state index is 11.5. The summed E-state index contributed by atoms with van der Waals surface area (Å²) in [4.78, 5) is 12.0. The molecule has 128 valence electrons. The molecular formula is C19H25N3OS. The number of fused-ring (bicyclic) bond motifs is 1. The highest BCUT2D eigenvalue weighted by Crippen LogP contribution is 2.33. The highest BCUT2D eigenvalue weighted by atomic mass is 32.2. The molecule has 0 saturated carbocycles. The quantitative estimate of drug-likeness (QED) is 0.926. The third-order valence-corrected chi connectivity index (χ3v) is 6.23. The Hall–Kier alpha value is -1.46. The van der Waals surface area contributed by atoms with E-state index < -0.39 is 10.8 Å². The number of likely N-dealkylation sites (tertiary alicyclic amines) is 1. The predicted molar refractivity (Wildman–Crippen MR) is 96.4 cm³/mol. The second kappa shape index (κ2) is 6.81. The minimum absolute atomic E-state index is 0.413. The Morgan fingerprint density at radius 2 is 2.00 bits per heavy atom. The molecule has 1 N–H and O–H groups in total. The molecule has 1 saturated heterocycles. The van der Waals surface area contributed by atoms with Crippen LogP contribution in [0.2, 0.25) is 0 Å². The van der Waals surface area contributed by atoms with Crippen molar-refractivity contribution in [1.82, 2.24) is 14.9 Å². The van der Waals surface area contributed by atoms with Crippen LogP contribution in [0.4, 0.5) is 0 Å². The summed E-state index contributed by atoms with van der Waals surface area (Å²) in [5, 5.41) is 0. The molecule has 1 aliphatic heterocycles. The lowest BCUT2D eigenvalue weighted by Crippen LogP contribution is -2.23. The molecule has 24 heavy (non-hydrogen) atoms. The van der Waals surface area contributed by atoms with Crippen LogP contribution in [-0.4, -0.2) is 31.9 Å². The van der Waals surface area contributed by atoms with Gasteiger partial charge in [0.1, 0.15) is 5.82 Å². The molecule has 0 amide bonds. The van der Waals surface area contributed by atoms with Gasteiger partial charge in [0.15, 0.2) is 0 Å². The van der Waals surface area contributed by atoms with Gasteiger partial charge in [-0.05, 0) is 62.8 Å². The molecule has 1 aromatic heterocycles. The second-order valence-electron chi connectivity index (χ2n) is 6.98. The number of nitrogens with zero attached hydrogens (tertiary/aromatic N) is 2. The summed E-state index contributed by atoms with van der Waals surface area (Å²) in [6.07, 6.45) is 8.99. The maximum Gasteiger partial charge on any atom is 0.124 e. The molecule has 0 spiro atoms. The van der Waals surface area contributed by atoms with Crippen molar-refractivity contribution in [2.75, 3.05) is 12.8 Å². The fourth-order valence-corrected chi connectivity index (χ4v) is 4.50. The Bertz CT molecular complexity index is 714. The van der Waals surface area contributed by atoms with E-state index in [1.807, 2.05) is 12.1 Å². The monoisotopic (exact) mass is 343 g/mol. The van der Waals surface area contributed by atoms with Gasteiger partial charge in [-0.3, -0.25) is 9.11 Å². The van der Waals surface area contributed by atoms with Crippen molar-refractivity contribution in [1.29, 1.82) is 0 Å². The Morgan fingerprint density at radius 1 is 1.21 bits per heavy atom. The number of nitrogens with one attached hydrogen (secondary N) is 1. The van der Waals surface area contributed by atoms with Crippen molar-refractivity contribution in [3.05, 3.63) is 47.0 Å². The van der Waals surface area contributed by atoms with E-state index in [0.717, 1.165) is 30.8 Å². The first-order valence-corrected chi connectivity index (χ1v) is 10.5. The molecule has 0 unspecified atom stereocenters. The highest BCUT2D eigenvalue weighted by Gasteiger charge is 2.29. The van der Waals surface area contributed by atoms with Crippen molar-refractivity contribution in [2.45, 2.75) is 56.0 Å². The lowest BCUT2D eigenvalue weighted by Gasteiger charge is -2.23. The predicted octanol–water partition coefficient (Wildman–Crippen LogP) is 3.36. The standard InChI is InChI=1S/C19H25N3OS/c1-24(23)15-10-8-14(9-11-15)13-22-12-4-7-18(22)19-20-16-5-2-3-6-17(16)21-19/h8-11,18H,2-7,12-13H2,1H3,(H,20,21)/t18-,24-/m0/s1. The van der Waals surface area contributed by atoms with Crippen molar-refractivity contribution in [3.8, 4) is 0 Å². The number of aromatic amines is 1. The van der Waals surface area contributed by atoms with E-state index in [9.17, 15) is 4.21 Å². The summed E-state index contributed by atoms with van der Waals surface area (Å²) in [5.74, 6) is 1.17. The Balaban J connectivity index is 1.50. The van der Waals surface area contributed by atoms with Gasteiger partial charge in [-0.1, -0.05) is 12.1 Å². The number of hydrogen-bond acceptors (Lipinski definition) is 3. The zero-order valence-electron chi connectivity index (χ0n) is 14.3. The molecule has 4 rings (SSSR count). The van der Waals surface area contributed by atoms with Crippen LogP contribution in [0.5, 0.6) is 0 Å². The van der Waals surface area contributed by atoms with Crippen LogP contribution in [0, 0.1) is 0 Å². The number of H-pyrrole nitrogens is 1. The average molecular weight is 343 g/mol. The van der Waals surface area contributed by atoms with E-state index in [0.29, 0.717) is 6.04 Å². The maximum absolute atomic E-state index is 11.5. The molecule has 0 bridgehead atoms. The lowest BCUT2D eigenvalue weighted by atomic mass is 10.0. The fourth-order valence-electron chi connectivity index (χ4n) is 3.98. The Morgan fingerprint density at radius 3 is 2.75 bits per heavy atom.